The van der Waals surface area contributed by atoms with Crippen molar-refractivity contribution < 1.29 is 28.9 Å². The molecule has 2 rings (SSSR count). The Bertz CT molecular complexity index is 520. The monoisotopic (exact) mass is 326 g/mol. The van der Waals surface area contributed by atoms with Crippen molar-refractivity contribution in [1.82, 2.24) is 0 Å². The fraction of sp³-hybridized carbons (Fsp3) is 0.467. The third-order valence-corrected chi connectivity index (χ3v) is 4.21. The largest absolute Gasteiger partial charge is 0.457 e. The van der Waals surface area contributed by atoms with E-state index in [0.717, 1.165) is 4.90 Å². The van der Waals surface area contributed by atoms with Crippen molar-refractivity contribution in [1.29, 1.82) is 0 Å². The van der Waals surface area contributed by atoms with E-state index in [9.17, 15) is 14.7 Å². The first-order valence-corrected chi connectivity index (χ1v) is 7.71. The third-order valence-electron chi connectivity index (χ3n) is 3.03. The molecular formula is C15H18O6S. The number of benzene rings is 1. The average Bonchev–Trinajstić information content (AvgIpc) is 2.46. The summed E-state index contributed by atoms with van der Waals surface area (Å²) < 4.78 is 15.8. The number of hydrogen-bond donors (Lipinski definition) is 1. The Morgan fingerprint density at radius 3 is 2.41 bits per heavy atom. The molecule has 0 radical (unpaired) electrons. The molecule has 1 heterocycles. The van der Waals surface area contributed by atoms with Crippen LogP contribution in [0.2, 0.25) is 0 Å². The zero-order chi connectivity index (χ0) is 16.1. The van der Waals surface area contributed by atoms with Gasteiger partial charge < -0.3 is 19.3 Å². The molecule has 1 aliphatic heterocycles. The van der Waals surface area contributed by atoms with Crippen molar-refractivity contribution in [2.45, 2.75) is 42.5 Å². The molecule has 1 N–H and O–H groups in total. The number of ether oxygens (including phenoxy) is 3. The van der Waals surface area contributed by atoms with Crippen LogP contribution in [0, 0.1) is 0 Å². The van der Waals surface area contributed by atoms with E-state index in [-0.39, 0.29) is 6.61 Å². The normalized spacial score (nSPS) is 28.0. The first-order valence-electron chi connectivity index (χ1n) is 6.83. The lowest BCUT2D eigenvalue weighted by molar-refractivity contribution is -0.201. The van der Waals surface area contributed by atoms with Gasteiger partial charge in [-0.2, -0.15) is 0 Å². The lowest BCUT2D eigenvalue weighted by Crippen LogP contribution is -2.54. The predicted molar refractivity (Wildman–Crippen MR) is 79.2 cm³/mol. The molecule has 1 saturated heterocycles. The van der Waals surface area contributed by atoms with Crippen molar-refractivity contribution in [2.75, 3.05) is 6.61 Å². The molecule has 1 aromatic rings. The fourth-order valence-corrected chi connectivity index (χ4v) is 3.20. The average molecular weight is 326 g/mol. The Kier molecular flexibility index (Phi) is 5.82. The summed E-state index contributed by atoms with van der Waals surface area (Å²) in [6.07, 6.45) is -2.90. The number of aliphatic hydroxyl groups is 1. The maximum Gasteiger partial charge on any atom is 0.303 e. The summed E-state index contributed by atoms with van der Waals surface area (Å²) in [6.45, 7) is 2.55. The van der Waals surface area contributed by atoms with Crippen LogP contribution in [0.1, 0.15) is 13.8 Å². The number of aliphatic hydroxyl groups excluding tert-OH is 1. The quantitative estimate of drug-likeness (QED) is 0.837. The molecule has 1 aliphatic rings. The molecule has 1 aromatic carbocycles. The molecule has 0 spiro atoms. The van der Waals surface area contributed by atoms with Crippen LogP contribution in [0.15, 0.2) is 35.2 Å². The Morgan fingerprint density at radius 2 is 1.82 bits per heavy atom. The van der Waals surface area contributed by atoms with Crippen LogP contribution in [0.5, 0.6) is 0 Å². The van der Waals surface area contributed by atoms with E-state index in [1.165, 1.54) is 25.6 Å². The zero-order valence-corrected chi connectivity index (χ0v) is 13.1. The maximum atomic E-state index is 11.3. The summed E-state index contributed by atoms with van der Waals surface area (Å²) in [4.78, 5) is 23.3. The summed E-state index contributed by atoms with van der Waals surface area (Å²) in [5, 5.41) is 10.3. The second kappa shape index (κ2) is 7.62. The number of thioether (sulfide) groups is 1. The van der Waals surface area contributed by atoms with Crippen LogP contribution < -0.4 is 0 Å². The molecule has 0 unspecified atom stereocenters. The fourth-order valence-electron chi connectivity index (χ4n) is 2.12. The van der Waals surface area contributed by atoms with Crippen molar-refractivity contribution in [3.8, 4) is 0 Å². The van der Waals surface area contributed by atoms with Crippen molar-refractivity contribution >= 4 is 23.7 Å². The van der Waals surface area contributed by atoms with Gasteiger partial charge in [-0.25, -0.2) is 0 Å². The zero-order valence-electron chi connectivity index (χ0n) is 12.3. The molecule has 0 amide bonds. The lowest BCUT2D eigenvalue weighted by Gasteiger charge is -2.38. The molecule has 0 saturated carbocycles. The highest BCUT2D eigenvalue weighted by molar-refractivity contribution is 7.99. The van der Waals surface area contributed by atoms with Gasteiger partial charge in [0.1, 0.15) is 11.5 Å². The Labute approximate surface area is 132 Å². The first kappa shape index (κ1) is 16.8. The van der Waals surface area contributed by atoms with E-state index in [4.69, 9.17) is 14.2 Å². The molecule has 1 fully saturated rings. The van der Waals surface area contributed by atoms with Gasteiger partial charge in [-0.1, -0.05) is 30.0 Å². The molecule has 0 bridgehead atoms. The molecule has 120 valence electrons. The minimum atomic E-state index is -1.14. The van der Waals surface area contributed by atoms with E-state index < -0.39 is 35.7 Å². The van der Waals surface area contributed by atoms with Crippen LogP contribution in [-0.2, 0) is 23.8 Å². The second-order valence-electron chi connectivity index (χ2n) is 4.85. The first-order chi connectivity index (χ1) is 10.5. The van der Waals surface area contributed by atoms with Crippen molar-refractivity contribution in [2.24, 2.45) is 0 Å². The van der Waals surface area contributed by atoms with Crippen LogP contribution in [0.4, 0.5) is 0 Å². The lowest BCUT2D eigenvalue weighted by atomic mass is 10.1. The predicted octanol–water partition coefficient (Wildman–Crippen LogP) is 1.36. The van der Waals surface area contributed by atoms with Gasteiger partial charge in [0, 0.05) is 18.7 Å². The maximum absolute atomic E-state index is 11.3. The number of rotatable bonds is 4. The van der Waals surface area contributed by atoms with E-state index >= 15 is 0 Å². The highest BCUT2D eigenvalue weighted by atomic mass is 32.2. The number of hydrogen-bond acceptors (Lipinski definition) is 7. The van der Waals surface area contributed by atoms with E-state index in [1.807, 2.05) is 30.3 Å². The minimum absolute atomic E-state index is 0.0447. The smallest absolute Gasteiger partial charge is 0.303 e. The van der Waals surface area contributed by atoms with Crippen molar-refractivity contribution in [3.63, 3.8) is 0 Å². The van der Waals surface area contributed by atoms with Crippen LogP contribution in [0.25, 0.3) is 0 Å². The van der Waals surface area contributed by atoms with E-state index in [0.29, 0.717) is 0 Å². The van der Waals surface area contributed by atoms with Gasteiger partial charge in [0.2, 0.25) is 0 Å². The van der Waals surface area contributed by atoms with E-state index in [2.05, 4.69) is 0 Å². The summed E-state index contributed by atoms with van der Waals surface area (Å²) in [6, 6.07) is 9.43. The Hall–Kier alpha value is -1.57. The summed E-state index contributed by atoms with van der Waals surface area (Å²) in [7, 11) is 0. The van der Waals surface area contributed by atoms with Gasteiger partial charge in [-0.15, -0.1) is 0 Å². The molecule has 0 aliphatic carbocycles. The topological polar surface area (TPSA) is 82.1 Å². The molecule has 22 heavy (non-hydrogen) atoms. The van der Waals surface area contributed by atoms with Crippen LogP contribution >= 0.6 is 11.8 Å². The summed E-state index contributed by atoms with van der Waals surface area (Å²) in [5.41, 5.74) is -0.576. The van der Waals surface area contributed by atoms with Crippen LogP contribution in [0.3, 0.4) is 0 Å². The molecule has 0 aromatic heterocycles. The van der Waals surface area contributed by atoms with Gasteiger partial charge >= 0.3 is 11.9 Å². The van der Waals surface area contributed by atoms with Gasteiger partial charge in [0.15, 0.2) is 12.2 Å². The highest BCUT2D eigenvalue weighted by Crippen LogP contribution is 2.33. The highest BCUT2D eigenvalue weighted by Gasteiger charge is 2.43. The minimum Gasteiger partial charge on any atom is -0.457 e. The van der Waals surface area contributed by atoms with Crippen molar-refractivity contribution in [3.05, 3.63) is 30.3 Å². The Balaban J connectivity index is 2.11. The number of carbonyl (C=O) groups excluding carboxylic acids is 2. The summed E-state index contributed by atoms with van der Waals surface area (Å²) >= 11 is 1.34. The standard InChI is InChI=1S/C15H18O6S/c1-9(16)20-12-8-19-15(14(13(12)18)21-10(2)17)22-11-6-4-3-5-7-11/h3-7,12-15,18H,8H2,1-2H3/t12-,13+,14-,15-/m1/s1. The molecule has 6 nitrogen and oxygen atoms in total. The molecule has 7 heteroatoms. The summed E-state index contributed by atoms with van der Waals surface area (Å²) in [5.74, 6) is -1.06. The second-order valence-corrected chi connectivity index (χ2v) is 6.02. The van der Waals surface area contributed by atoms with Crippen LogP contribution in [-0.4, -0.2) is 47.4 Å². The third kappa shape index (κ3) is 4.46. The number of esters is 2. The van der Waals surface area contributed by atoms with E-state index in [1.54, 1.807) is 0 Å². The van der Waals surface area contributed by atoms with Gasteiger partial charge in [0.25, 0.3) is 0 Å². The molecular weight excluding hydrogens is 308 g/mol. The SMILES string of the molecule is CC(=O)O[C@@H]1[C@@H](O)[C@H](OC(C)=O)CO[C@@H]1Sc1ccccc1. The Morgan fingerprint density at radius 1 is 1.18 bits per heavy atom. The van der Waals surface area contributed by atoms with Gasteiger partial charge in [-0.3, -0.25) is 9.59 Å². The van der Waals surface area contributed by atoms with Gasteiger partial charge in [0.05, 0.1) is 6.61 Å². The molecule has 4 atom stereocenters. The number of carbonyl (C=O) groups is 2. The van der Waals surface area contributed by atoms with Gasteiger partial charge in [-0.05, 0) is 12.1 Å².